The van der Waals surface area contributed by atoms with E-state index < -0.39 is 0 Å². The Bertz CT molecular complexity index is 189. The smallest absolute Gasteiger partial charge is 0.0710 e. The van der Waals surface area contributed by atoms with Crippen molar-refractivity contribution in [1.82, 2.24) is 4.90 Å². The van der Waals surface area contributed by atoms with Crippen molar-refractivity contribution in [3.63, 3.8) is 0 Å². The molecule has 3 nitrogen and oxygen atoms in total. The number of likely N-dealkylation sites (tertiary alicyclic amines) is 1. The quantitative estimate of drug-likeness (QED) is 0.715. The van der Waals surface area contributed by atoms with Gasteiger partial charge in [0.15, 0.2) is 0 Å². The van der Waals surface area contributed by atoms with Crippen LogP contribution in [0.3, 0.4) is 0 Å². The van der Waals surface area contributed by atoms with Gasteiger partial charge in [-0.25, -0.2) is 0 Å². The lowest BCUT2D eigenvalue weighted by Gasteiger charge is -2.28. The zero-order valence-electron chi connectivity index (χ0n) is 10.7. The minimum Gasteiger partial charge on any atom is -0.380 e. The van der Waals surface area contributed by atoms with Crippen molar-refractivity contribution in [2.24, 2.45) is 0 Å². The normalized spacial score (nSPS) is 25.8. The Balaban J connectivity index is 2.24. The lowest BCUT2D eigenvalue weighted by atomic mass is 10.2. The summed E-state index contributed by atoms with van der Waals surface area (Å²) >= 11 is 0. The molecule has 90 valence electrons. The molecule has 2 atom stereocenters. The SMILES string of the molecule is CO[C@@H]1CCN(C[C@@H](C)OC(C)(C)C)C1. The fourth-order valence-electron chi connectivity index (χ4n) is 2.16. The fraction of sp³-hybridized carbons (Fsp3) is 1.00. The van der Waals surface area contributed by atoms with Gasteiger partial charge in [0.05, 0.1) is 17.8 Å². The van der Waals surface area contributed by atoms with E-state index in [0.717, 1.165) is 26.1 Å². The molecule has 1 fully saturated rings. The van der Waals surface area contributed by atoms with Crippen LogP contribution in [0.15, 0.2) is 0 Å². The predicted molar refractivity (Wildman–Crippen MR) is 62.2 cm³/mol. The molecule has 0 radical (unpaired) electrons. The summed E-state index contributed by atoms with van der Waals surface area (Å²) in [6.07, 6.45) is 1.87. The molecule has 0 N–H and O–H groups in total. The van der Waals surface area contributed by atoms with Crippen LogP contribution in [0.2, 0.25) is 0 Å². The summed E-state index contributed by atoms with van der Waals surface area (Å²) < 4.78 is 11.2. The first kappa shape index (κ1) is 12.9. The van der Waals surface area contributed by atoms with E-state index in [0.29, 0.717) is 12.2 Å². The summed E-state index contributed by atoms with van der Waals surface area (Å²) in [7, 11) is 1.79. The summed E-state index contributed by atoms with van der Waals surface area (Å²) in [5.41, 5.74) is -0.0419. The van der Waals surface area contributed by atoms with Crippen molar-refractivity contribution in [1.29, 1.82) is 0 Å². The number of methoxy groups -OCH3 is 1. The van der Waals surface area contributed by atoms with Gasteiger partial charge in [0.25, 0.3) is 0 Å². The zero-order chi connectivity index (χ0) is 11.5. The Morgan fingerprint density at radius 2 is 2.07 bits per heavy atom. The van der Waals surface area contributed by atoms with Crippen LogP contribution in [0.4, 0.5) is 0 Å². The average molecular weight is 215 g/mol. The Kier molecular flexibility index (Phi) is 4.56. The Hall–Kier alpha value is -0.120. The summed E-state index contributed by atoms with van der Waals surface area (Å²) in [6.45, 7) is 11.6. The van der Waals surface area contributed by atoms with Crippen LogP contribution in [0.25, 0.3) is 0 Å². The van der Waals surface area contributed by atoms with Crippen molar-refractivity contribution in [3.8, 4) is 0 Å². The Morgan fingerprint density at radius 3 is 2.53 bits per heavy atom. The first-order chi connectivity index (χ1) is 6.90. The van der Waals surface area contributed by atoms with E-state index in [2.05, 4.69) is 32.6 Å². The second-order valence-electron chi connectivity index (χ2n) is 5.45. The van der Waals surface area contributed by atoms with Gasteiger partial charge >= 0.3 is 0 Å². The number of nitrogens with zero attached hydrogens (tertiary/aromatic N) is 1. The maximum Gasteiger partial charge on any atom is 0.0710 e. The van der Waals surface area contributed by atoms with Crippen LogP contribution in [-0.4, -0.2) is 49.5 Å². The maximum atomic E-state index is 5.89. The fourth-order valence-corrected chi connectivity index (χ4v) is 2.16. The first-order valence-corrected chi connectivity index (χ1v) is 5.83. The monoisotopic (exact) mass is 215 g/mol. The molecule has 1 heterocycles. The van der Waals surface area contributed by atoms with Gasteiger partial charge in [0.2, 0.25) is 0 Å². The third-order valence-electron chi connectivity index (χ3n) is 2.63. The van der Waals surface area contributed by atoms with E-state index in [1.165, 1.54) is 0 Å². The molecule has 0 bridgehead atoms. The van der Waals surface area contributed by atoms with Gasteiger partial charge in [0, 0.05) is 26.7 Å². The second-order valence-corrected chi connectivity index (χ2v) is 5.45. The largest absolute Gasteiger partial charge is 0.380 e. The number of ether oxygens (including phenoxy) is 2. The van der Waals surface area contributed by atoms with Crippen molar-refractivity contribution >= 4 is 0 Å². The minimum atomic E-state index is -0.0419. The van der Waals surface area contributed by atoms with Gasteiger partial charge in [-0.15, -0.1) is 0 Å². The topological polar surface area (TPSA) is 21.7 Å². The van der Waals surface area contributed by atoms with Gasteiger partial charge in [-0.1, -0.05) is 0 Å². The van der Waals surface area contributed by atoms with Gasteiger partial charge in [-0.2, -0.15) is 0 Å². The number of rotatable bonds is 4. The van der Waals surface area contributed by atoms with Gasteiger partial charge in [0.1, 0.15) is 0 Å². The van der Waals surface area contributed by atoms with Crippen LogP contribution in [0, 0.1) is 0 Å². The highest BCUT2D eigenvalue weighted by Crippen LogP contribution is 2.15. The molecule has 3 heteroatoms. The van der Waals surface area contributed by atoms with Gasteiger partial charge in [-0.3, -0.25) is 4.90 Å². The highest BCUT2D eigenvalue weighted by molar-refractivity contribution is 4.77. The average Bonchev–Trinajstić information content (AvgIpc) is 2.48. The lowest BCUT2D eigenvalue weighted by molar-refractivity contribution is -0.0618. The van der Waals surface area contributed by atoms with Crippen LogP contribution in [0.5, 0.6) is 0 Å². The van der Waals surface area contributed by atoms with E-state index in [9.17, 15) is 0 Å². The molecule has 0 unspecified atom stereocenters. The van der Waals surface area contributed by atoms with Gasteiger partial charge < -0.3 is 9.47 Å². The standard InChI is InChI=1S/C12H25NO2/c1-10(15-12(2,3)4)8-13-7-6-11(9-13)14-5/h10-11H,6-9H2,1-5H3/t10-,11-/m1/s1. The molecule has 0 aromatic heterocycles. The molecular weight excluding hydrogens is 190 g/mol. The number of hydrogen-bond donors (Lipinski definition) is 0. The van der Waals surface area contributed by atoms with E-state index in [4.69, 9.17) is 9.47 Å². The van der Waals surface area contributed by atoms with E-state index >= 15 is 0 Å². The molecule has 1 aliphatic heterocycles. The molecule has 1 saturated heterocycles. The Labute approximate surface area is 93.7 Å². The van der Waals surface area contributed by atoms with Gasteiger partial charge in [-0.05, 0) is 34.1 Å². The summed E-state index contributed by atoms with van der Waals surface area (Å²) in [5, 5.41) is 0. The molecule has 0 aliphatic carbocycles. The van der Waals surface area contributed by atoms with Crippen molar-refractivity contribution in [2.75, 3.05) is 26.7 Å². The van der Waals surface area contributed by atoms with Crippen molar-refractivity contribution < 1.29 is 9.47 Å². The molecule has 0 saturated carbocycles. The van der Waals surface area contributed by atoms with E-state index in [-0.39, 0.29) is 5.60 Å². The molecule has 0 aromatic rings. The molecule has 1 aliphatic rings. The van der Waals surface area contributed by atoms with E-state index in [1.807, 2.05) is 0 Å². The second kappa shape index (κ2) is 5.28. The minimum absolute atomic E-state index is 0.0419. The summed E-state index contributed by atoms with van der Waals surface area (Å²) in [4.78, 5) is 2.42. The summed E-state index contributed by atoms with van der Waals surface area (Å²) in [5.74, 6) is 0. The van der Waals surface area contributed by atoms with E-state index in [1.54, 1.807) is 7.11 Å². The van der Waals surface area contributed by atoms with Crippen LogP contribution in [-0.2, 0) is 9.47 Å². The maximum absolute atomic E-state index is 5.89. The molecule has 1 rings (SSSR count). The lowest BCUT2D eigenvalue weighted by Crippen LogP contribution is -2.35. The molecule has 15 heavy (non-hydrogen) atoms. The molecule has 0 spiro atoms. The molecular formula is C12H25NO2. The third-order valence-corrected chi connectivity index (χ3v) is 2.63. The third kappa shape index (κ3) is 4.96. The van der Waals surface area contributed by atoms with Crippen LogP contribution in [0.1, 0.15) is 34.1 Å². The Morgan fingerprint density at radius 1 is 1.40 bits per heavy atom. The summed E-state index contributed by atoms with van der Waals surface area (Å²) in [6, 6.07) is 0. The zero-order valence-corrected chi connectivity index (χ0v) is 10.7. The molecule has 0 amide bonds. The van der Waals surface area contributed by atoms with Crippen LogP contribution >= 0.6 is 0 Å². The highest BCUT2D eigenvalue weighted by Gasteiger charge is 2.24. The predicted octanol–water partition coefficient (Wildman–Crippen LogP) is 1.91. The number of hydrogen-bond acceptors (Lipinski definition) is 3. The van der Waals surface area contributed by atoms with Crippen molar-refractivity contribution in [2.45, 2.75) is 51.9 Å². The van der Waals surface area contributed by atoms with Crippen molar-refractivity contribution in [3.05, 3.63) is 0 Å². The van der Waals surface area contributed by atoms with Crippen LogP contribution < -0.4 is 0 Å². The first-order valence-electron chi connectivity index (χ1n) is 5.83. The highest BCUT2D eigenvalue weighted by atomic mass is 16.5. The molecule has 0 aromatic carbocycles.